The van der Waals surface area contributed by atoms with Crippen LogP contribution < -0.4 is 26.6 Å². The average Bonchev–Trinajstić information content (AvgIpc) is 2.51. The van der Waals surface area contributed by atoms with Crippen LogP contribution in [0.1, 0.15) is 6.92 Å². The van der Waals surface area contributed by atoms with Gasteiger partial charge in [0.1, 0.15) is 0 Å². The molecule has 0 unspecified atom stereocenters. The maximum atomic E-state index is 3.82. The van der Waals surface area contributed by atoms with Gasteiger partial charge in [-0.15, -0.1) is 0 Å². The Morgan fingerprint density at radius 2 is 0.850 bits per heavy atom. The molecule has 8 heteroatoms. The van der Waals surface area contributed by atoms with E-state index in [9.17, 15) is 0 Å². The van der Waals surface area contributed by atoms with Crippen molar-refractivity contribution in [3.8, 4) is 0 Å². The van der Waals surface area contributed by atoms with E-state index in [0.29, 0.717) is 0 Å². The summed E-state index contributed by atoms with van der Waals surface area (Å²) in [7, 11) is 14.3. The number of hydrogen-bond acceptors (Lipinski definition) is 3. The van der Waals surface area contributed by atoms with Gasteiger partial charge in [0.15, 0.2) is 11.9 Å². The number of nitrogens with zero attached hydrogens (tertiary/aromatic N) is 3. The maximum absolute atomic E-state index is 3.82. The van der Waals surface area contributed by atoms with Gasteiger partial charge in [0.05, 0.1) is 5.84 Å². The summed E-state index contributed by atoms with van der Waals surface area (Å²) in [6.07, 6.45) is 0. The molecule has 0 aromatic carbocycles. The van der Waals surface area contributed by atoms with Crippen LogP contribution in [0.2, 0.25) is 0 Å². The van der Waals surface area contributed by atoms with E-state index >= 15 is 0 Å². The van der Waals surface area contributed by atoms with E-state index in [4.69, 9.17) is 0 Å². The number of amidine groups is 1. The Morgan fingerprint density at radius 1 is 0.550 bits per heavy atom. The lowest BCUT2D eigenvalue weighted by Crippen LogP contribution is -2.31. The third kappa shape index (κ3) is 18.4. The molecular weight excluding hydrogens is 256 g/mol. The van der Waals surface area contributed by atoms with Crippen molar-refractivity contribution in [3.63, 3.8) is 0 Å². The predicted molar refractivity (Wildman–Crippen MR) is 91.0 cm³/mol. The summed E-state index contributed by atoms with van der Waals surface area (Å²) < 4.78 is 0. The Bertz CT molecular complexity index is 251. The minimum absolute atomic E-state index is 0.806. The zero-order valence-electron chi connectivity index (χ0n) is 14.3. The lowest BCUT2D eigenvalue weighted by molar-refractivity contribution is 1.01. The minimum Gasteiger partial charge on any atom is -0.377 e. The zero-order chi connectivity index (χ0) is 16.4. The van der Waals surface area contributed by atoms with Crippen LogP contribution in [0.4, 0.5) is 0 Å². The molecule has 0 atom stereocenters. The molecule has 0 saturated heterocycles. The van der Waals surface area contributed by atoms with Crippen LogP contribution in [0.15, 0.2) is 15.0 Å². The SMILES string of the molecule is CN=C(C)NC.CN=C(NC)NC.CN=C(NC)NC. The van der Waals surface area contributed by atoms with E-state index in [1.54, 1.807) is 21.1 Å². The van der Waals surface area contributed by atoms with E-state index in [1.807, 2.05) is 42.2 Å². The lowest BCUT2D eigenvalue weighted by Gasteiger charge is -1.99. The van der Waals surface area contributed by atoms with Gasteiger partial charge >= 0.3 is 0 Å². The largest absolute Gasteiger partial charge is 0.377 e. The quantitative estimate of drug-likeness (QED) is 0.293. The second-order valence-electron chi connectivity index (χ2n) is 3.20. The van der Waals surface area contributed by atoms with Crippen LogP contribution in [-0.4, -0.2) is 74.1 Å². The summed E-state index contributed by atoms with van der Waals surface area (Å²) in [5.41, 5.74) is 0. The van der Waals surface area contributed by atoms with Gasteiger partial charge in [-0.1, -0.05) is 0 Å². The van der Waals surface area contributed by atoms with Crippen molar-refractivity contribution in [2.24, 2.45) is 15.0 Å². The van der Waals surface area contributed by atoms with Crippen molar-refractivity contribution in [2.75, 3.05) is 56.4 Å². The molecule has 0 aliphatic heterocycles. The summed E-state index contributed by atoms with van der Waals surface area (Å²) in [5.74, 6) is 2.58. The van der Waals surface area contributed by atoms with E-state index < -0.39 is 0 Å². The molecule has 0 aromatic rings. The predicted octanol–water partition coefficient (Wildman–Crippen LogP) is -0.924. The van der Waals surface area contributed by atoms with Gasteiger partial charge in [0.25, 0.3) is 0 Å². The molecule has 0 aromatic heterocycles. The summed E-state index contributed by atoms with van der Waals surface area (Å²) in [5, 5.41) is 14.2. The van der Waals surface area contributed by atoms with Crippen molar-refractivity contribution in [3.05, 3.63) is 0 Å². The van der Waals surface area contributed by atoms with Crippen LogP contribution in [-0.2, 0) is 0 Å². The molecule has 0 bridgehead atoms. The third-order valence-electron chi connectivity index (χ3n) is 2.09. The Labute approximate surface area is 123 Å². The number of nitrogens with one attached hydrogen (secondary N) is 5. The molecule has 0 amide bonds. The van der Waals surface area contributed by atoms with E-state index in [2.05, 4.69) is 41.6 Å². The molecule has 20 heavy (non-hydrogen) atoms. The number of hydrogen-bond donors (Lipinski definition) is 5. The molecule has 5 N–H and O–H groups in total. The van der Waals surface area contributed by atoms with Crippen molar-refractivity contribution < 1.29 is 0 Å². The Hall–Kier alpha value is -1.99. The number of rotatable bonds is 0. The Morgan fingerprint density at radius 3 is 0.850 bits per heavy atom. The van der Waals surface area contributed by atoms with Crippen molar-refractivity contribution in [1.29, 1.82) is 0 Å². The fourth-order valence-corrected chi connectivity index (χ4v) is 0.809. The minimum atomic E-state index is 0.806. The molecule has 0 spiro atoms. The molecule has 8 nitrogen and oxygen atoms in total. The fraction of sp³-hybridized carbons (Fsp3) is 0.750. The summed E-state index contributed by atoms with van der Waals surface area (Å²) in [6.45, 7) is 1.92. The molecule has 0 fully saturated rings. The molecule has 0 aliphatic rings. The maximum Gasteiger partial charge on any atom is 0.190 e. The van der Waals surface area contributed by atoms with E-state index in [-0.39, 0.29) is 0 Å². The van der Waals surface area contributed by atoms with Crippen LogP contribution in [0, 0.1) is 0 Å². The van der Waals surface area contributed by atoms with E-state index in [1.165, 1.54) is 0 Å². The highest BCUT2D eigenvalue weighted by Crippen LogP contribution is 1.59. The number of aliphatic imine (C=N–C) groups is 3. The first kappa shape index (κ1) is 23.1. The van der Waals surface area contributed by atoms with Crippen LogP contribution in [0.3, 0.4) is 0 Å². The molecule has 0 radical (unpaired) electrons. The van der Waals surface area contributed by atoms with Crippen LogP contribution >= 0.6 is 0 Å². The van der Waals surface area contributed by atoms with Gasteiger partial charge in [-0.3, -0.25) is 15.0 Å². The van der Waals surface area contributed by atoms with Gasteiger partial charge < -0.3 is 26.6 Å². The monoisotopic (exact) mass is 288 g/mol. The van der Waals surface area contributed by atoms with Crippen molar-refractivity contribution in [2.45, 2.75) is 6.92 Å². The normalized spacial score (nSPS) is 8.55. The average molecular weight is 288 g/mol. The first-order chi connectivity index (χ1) is 9.50. The summed E-state index contributed by atoms with van der Waals surface area (Å²) >= 11 is 0. The number of guanidine groups is 2. The first-order valence-electron chi connectivity index (χ1n) is 6.26. The molecular formula is C12H32N8. The van der Waals surface area contributed by atoms with Crippen molar-refractivity contribution >= 4 is 17.8 Å². The third-order valence-corrected chi connectivity index (χ3v) is 2.09. The van der Waals surface area contributed by atoms with Gasteiger partial charge in [-0.05, 0) is 6.92 Å². The smallest absolute Gasteiger partial charge is 0.190 e. The van der Waals surface area contributed by atoms with Crippen LogP contribution in [0.25, 0.3) is 0 Å². The van der Waals surface area contributed by atoms with Gasteiger partial charge in [0, 0.05) is 56.4 Å². The van der Waals surface area contributed by atoms with Crippen LogP contribution in [0.5, 0.6) is 0 Å². The van der Waals surface area contributed by atoms with Gasteiger partial charge in [-0.25, -0.2) is 0 Å². The zero-order valence-corrected chi connectivity index (χ0v) is 14.3. The van der Waals surface area contributed by atoms with Gasteiger partial charge in [0.2, 0.25) is 0 Å². The summed E-state index contributed by atoms with van der Waals surface area (Å²) in [6, 6.07) is 0. The highest BCUT2D eigenvalue weighted by atomic mass is 15.1. The first-order valence-corrected chi connectivity index (χ1v) is 6.26. The lowest BCUT2D eigenvalue weighted by atomic mass is 10.7. The second kappa shape index (κ2) is 19.4. The molecule has 0 aliphatic carbocycles. The van der Waals surface area contributed by atoms with Gasteiger partial charge in [-0.2, -0.15) is 0 Å². The molecule has 0 rings (SSSR count). The van der Waals surface area contributed by atoms with E-state index in [0.717, 1.165) is 17.8 Å². The fourth-order valence-electron chi connectivity index (χ4n) is 0.809. The Balaban J connectivity index is -0.000000218. The van der Waals surface area contributed by atoms with Crippen molar-refractivity contribution in [1.82, 2.24) is 26.6 Å². The molecule has 0 heterocycles. The topological polar surface area (TPSA) is 97.2 Å². The highest BCUT2D eigenvalue weighted by Gasteiger charge is 1.80. The second-order valence-corrected chi connectivity index (χ2v) is 3.20. The molecule has 120 valence electrons. The molecule has 0 saturated carbocycles. The summed E-state index contributed by atoms with van der Waals surface area (Å²) in [4.78, 5) is 11.5. The standard InChI is InChI=1S/2C4H11N3.C4H10N2/c2*1-5-4(6-2)7-3;1-4(5-2)6-3/h2*1-3H3,(H2,5,6,7);1-3H3,(H,5,6). The highest BCUT2D eigenvalue weighted by molar-refractivity contribution is 5.79. The Kier molecular flexibility index (Phi) is 22.4.